The van der Waals surface area contributed by atoms with Gasteiger partial charge in [-0.05, 0) is 54.1 Å². The molecule has 3 N–H and O–H groups in total. The summed E-state index contributed by atoms with van der Waals surface area (Å²) in [5.74, 6) is -0.696. The van der Waals surface area contributed by atoms with Gasteiger partial charge in [-0.15, -0.1) is 0 Å². The number of imide groups is 1. The van der Waals surface area contributed by atoms with Crippen molar-refractivity contribution in [2.75, 3.05) is 11.9 Å². The van der Waals surface area contributed by atoms with Gasteiger partial charge >= 0.3 is 0 Å². The molecule has 3 amide bonds. The van der Waals surface area contributed by atoms with Crippen LogP contribution in [0.1, 0.15) is 18.4 Å². The van der Waals surface area contributed by atoms with Crippen LogP contribution in [-0.2, 0) is 19.6 Å². The molecule has 0 atom stereocenters. The zero-order chi connectivity index (χ0) is 23.1. The molecule has 0 radical (unpaired) electrons. The van der Waals surface area contributed by atoms with Gasteiger partial charge in [-0.25, -0.2) is 13.6 Å². The third kappa shape index (κ3) is 6.39. The summed E-state index contributed by atoms with van der Waals surface area (Å²) in [5, 5.41) is 7.30. The second-order valence-electron chi connectivity index (χ2n) is 6.85. The molecule has 1 fully saturated rings. The van der Waals surface area contributed by atoms with Crippen LogP contribution in [-0.4, -0.2) is 36.9 Å². The Bertz CT molecular complexity index is 1170. The van der Waals surface area contributed by atoms with Crippen molar-refractivity contribution in [3.63, 3.8) is 0 Å². The van der Waals surface area contributed by atoms with E-state index in [2.05, 4.69) is 5.32 Å². The molecule has 0 saturated carbocycles. The van der Waals surface area contributed by atoms with Crippen molar-refractivity contribution in [1.29, 1.82) is 0 Å². The van der Waals surface area contributed by atoms with E-state index in [1.54, 1.807) is 12.2 Å². The minimum absolute atomic E-state index is 0.0541. The van der Waals surface area contributed by atoms with Crippen LogP contribution >= 0.6 is 11.8 Å². The molecule has 0 aliphatic carbocycles. The highest BCUT2D eigenvalue weighted by molar-refractivity contribution is 8.18. The van der Waals surface area contributed by atoms with Crippen LogP contribution in [0.5, 0.6) is 0 Å². The van der Waals surface area contributed by atoms with E-state index in [4.69, 9.17) is 5.14 Å². The summed E-state index contributed by atoms with van der Waals surface area (Å²) in [7, 11) is -3.80. The lowest BCUT2D eigenvalue weighted by atomic mass is 10.2. The van der Waals surface area contributed by atoms with Crippen molar-refractivity contribution in [2.45, 2.75) is 17.7 Å². The number of nitrogens with two attached hydrogens (primary N) is 1. The monoisotopic (exact) mass is 471 g/mol. The van der Waals surface area contributed by atoms with E-state index in [1.807, 2.05) is 36.4 Å². The Hall–Kier alpha value is -3.21. The fraction of sp³-hybridized carbons (Fsp3) is 0.136. The maximum Gasteiger partial charge on any atom is 0.293 e. The van der Waals surface area contributed by atoms with Crippen molar-refractivity contribution >= 4 is 50.6 Å². The van der Waals surface area contributed by atoms with Gasteiger partial charge in [-0.1, -0.05) is 42.5 Å². The van der Waals surface area contributed by atoms with Gasteiger partial charge in [0, 0.05) is 18.7 Å². The van der Waals surface area contributed by atoms with Gasteiger partial charge in [0.25, 0.3) is 11.1 Å². The maximum absolute atomic E-state index is 12.5. The second kappa shape index (κ2) is 10.4. The quantitative estimate of drug-likeness (QED) is 0.569. The molecule has 1 aliphatic heterocycles. The van der Waals surface area contributed by atoms with Crippen LogP contribution in [0, 0.1) is 0 Å². The van der Waals surface area contributed by atoms with Crippen LogP contribution in [0.15, 0.2) is 76.5 Å². The van der Waals surface area contributed by atoms with Crippen molar-refractivity contribution < 1.29 is 22.8 Å². The Morgan fingerprint density at radius 2 is 1.75 bits per heavy atom. The van der Waals surface area contributed by atoms with E-state index in [0.29, 0.717) is 17.0 Å². The predicted octanol–water partition coefficient (Wildman–Crippen LogP) is 3.35. The van der Waals surface area contributed by atoms with Gasteiger partial charge in [0.05, 0.1) is 9.80 Å². The number of nitrogens with zero attached hydrogens (tertiary/aromatic N) is 1. The van der Waals surface area contributed by atoms with E-state index >= 15 is 0 Å². The zero-order valence-electron chi connectivity index (χ0n) is 16.9. The van der Waals surface area contributed by atoms with Crippen molar-refractivity contribution in [3.05, 3.63) is 77.2 Å². The number of rotatable bonds is 8. The number of amides is 3. The molecular formula is C22H21N3O5S2. The van der Waals surface area contributed by atoms with Crippen LogP contribution in [0.4, 0.5) is 10.5 Å². The van der Waals surface area contributed by atoms with Gasteiger partial charge in [0.1, 0.15) is 0 Å². The molecule has 0 unspecified atom stereocenters. The zero-order valence-corrected chi connectivity index (χ0v) is 18.6. The van der Waals surface area contributed by atoms with Gasteiger partial charge in [-0.3, -0.25) is 19.3 Å². The Morgan fingerprint density at radius 1 is 1.06 bits per heavy atom. The molecule has 0 spiro atoms. The first kappa shape index (κ1) is 23.5. The number of sulfonamides is 1. The van der Waals surface area contributed by atoms with Gasteiger partial charge in [0.2, 0.25) is 15.9 Å². The Morgan fingerprint density at radius 3 is 2.41 bits per heavy atom. The van der Waals surface area contributed by atoms with Crippen LogP contribution in [0.3, 0.4) is 0 Å². The maximum atomic E-state index is 12.5. The number of carbonyl (C=O) groups excluding carboxylic acids is 3. The van der Waals surface area contributed by atoms with E-state index in [0.717, 1.165) is 22.2 Å². The number of allylic oxidation sites excluding steroid dienone is 2. The van der Waals surface area contributed by atoms with E-state index in [1.165, 1.54) is 24.3 Å². The number of primary sulfonamides is 1. The molecule has 32 heavy (non-hydrogen) atoms. The highest BCUT2D eigenvalue weighted by atomic mass is 32.2. The number of anilines is 1. The smallest absolute Gasteiger partial charge is 0.293 e. The fourth-order valence-corrected chi connectivity index (χ4v) is 4.20. The Kier molecular flexibility index (Phi) is 7.62. The molecule has 10 heteroatoms. The Balaban J connectivity index is 1.48. The molecule has 3 rings (SSSR count). The van der Waals surface area contributed by atoms with Crippen molar-refractivity contribution in [3.8, 4) is 0 Å². The summed E-state index contributed by atoms with van der Waals surface area (Å²) >= 11 is 0.869. The fourth-order valence-electron chi connectivity index (χ4n) is 2.87. The summed E-state index contributed by atoms with van der Waals surface area (Å²) in [4.78, 5) is 38.1. The summed E-state index contributed by atoms with van der Waals surface area (Å²) < 4.78 is 22.5. The lowest BCUT2D eigenvalue weighted by Crippen LogP contribution is -2.29. The van der Waals surface area contributed by atoms with Crippen LogP contribution < -0.4 is 10.5 Å². The first-order valence-corrected chi connectivity index (χ1v) is 12.0. The highest BCUT2D eigenvalue weighted by Gasteiger charge is 2.34. The average molecular weight is 472 g/mol. The Labute approximate surface area is 190 Å². The molecule has 1 saturated heterocycles. The molecule has 1 heterocycles. The van der Waals surface area contributed by atoms with E-state index < -0.39 is 10.0 Å². The lowest BCUT2D eigenvalue weighted by Gasteiger charge is -2.12. The van der Waals surface area contributed by atoms with Crippen LogP contribution in [0.25, 0.3) is 6.08 Å². The number of hydrogen-bond acceptors (Lipinski definition) is 6. The molecule has 1 aliphatic rings. The van der Waals surface area contributed by atoms with Gasteiger partial charge in [-0.2, -0.15) is 0 Å². The van der Waals surface area contributed by atoms with Gasteiger partial charge in [0.15, 0.2) is 0 Å². The molecular weight excluding hydrogens is 450 g/mol. The first-order chi connectivity index (χ1) is 15.2. The van der Waals surface area contributed by atoms with Gasteiger partial charge < -0.3 is 5.32 Å². The van der Waals surface area contributed by atoms with Crippen molar-refractivity contribution in [2.24, 2.45) is 5.14 Å². The minimum Gasteiger partial charge on any atom is -0.326 e. The number of hydrogen-bond donors (Lipinski definition) is 2. The molecule has 2 aromatic carbocycles. The number of nitrogens with one attached hydrogen (secondary N) is 1. The number of benzene rings is 2. The molecule has 166 valence electrons. The minimum atomic E-state index is -3.80. The number of thioether (sulfide) groups is 1. The molecule has 0 bridgehead atoms. The SMILES string of the molecule is NS(=O)(=O)c1ccc(NC(=O)CCCN2C(=O)SC(=CC=Cc3ccccc3)C2=O)cc1. The summed E-state index contributed by atoms with van der Waals surface area (Å²) in [6, 6.07) is 15.0. The first-order valence-electron chi connectivity index (χ1n) is 9.64. The van der Waals surface area contributed by atoms with E-state index in [-0.39, 0.29) is 34.9 Å². The predicted molar refractivity (Wildman–Crippen MR) is 124 cm³/mol. The second-order valence-corrected chi connectivity index (χ2v) is 9.40. The van der Waals surface area contributed by atoms with E-state index in [9.17, 15) is 22.8 Å². The molecule has 0 aromatic heterocycles. The molecule has 8 nitrogen and oxygen atoms in total. The normalized spacial score (nSPS) is 15.7. The topological polar surface area (TPSA) is 127 Å². The largest absolute Gasteiger partial charge is 0.326 e. The van der Waals surface area contributed by atoms with Crippen molar-refractivity contribution in [1.82, 2.24) is 4.90 Å². The summed E-state index contributed by atoms with van der Waals surface area (Å²) in [6.07, 6.45) is 5.56. The average Bonchev–Trinajstić information content (AvgIpc) is 3.02. The number of carbonyl (C=O) groups is 3. The van der Waals surface area contributed by atoms with Crippen LogP contribution in [0.2, 0.25) is 0 Å². The summed E-state index contributed by atoms with van der Waals surface area (Å²) in [5.41, 5.74) is 1.40. The standard InChI is InChI=1S/C22H21N3O5S2/c23-32(29,30)18-13-11-17(12-14-18)24-20(26)10-5-15-25-21(27)19(31-22(25)28)9-4-8-16-6-2-1-3-7-16/h1-4,6-9,11-14H,5,10,15H2,(H,24,26)(H2,23,29,30). The highest BCUT2D eigenvalue weighted by Crippen LogP contribution is 2.30. The third-order valence-electron chi connectivity index (χ3n) is 4.46. The third-order valence-corrected chi connectivity index (χ3v) is 6.32. The molecule has 2 aromatic rings. The lowest BCUT2D eigenvalue weighted by molar-refractivity contribution is -0.123. The summed E-state index contributed by atoms with van der Waals surface area (Å²) in [6.45, 7) is 0.127.